The van der Waals surface area contributed by atoms with Crippen molar-refractivity contribution in [3.8, 4) is 0 Å². The van der Waals surface area contributed by atoms with Crippen LogP contribution in [0.4, 0.5) is 0 Å². The highest BCUT2D eigenvalue weighted by molar-refractivity contribution is 5.86. The molecular formula is C11H22N2O. The van der Waals surface area contributed by atoms with E-state index in [9.17, 15) is 4.79 Å². The third kappa shape index (κ3) is 2.27. The summed E-state index contributed by atoms with van der Waals surface area (Å²) in [6, 6.07) is 0. The van der Waals surface area contributed by atoms with Crippen molar-refractivity contribution in [3.63, 3.8) is 0 Å². The molecule has 2 N–H and O–H groups in total. The number of hydrogen-bond acceptors (Lipinski definition) is 2. The van der Waals surface area contributed by atoms with E-state index in [4.69, 9.17) is 5.73 Å². The Morgan fingerprint density at radius 2 is 1.71 bits per heavy atom. The van der Waals surface area contributed by atoms with Crippen LogP contribution in [0.5, 0.6) is 0 Å². The van der Waals surface area contributed by atoms with Gasteiger partial charge in [-0.1, -0.05) is 13.8 Å². The second kappa shape index (κ2) is 4.78. The monoisotopic (exact) mass is 198 g/mol. The number of nitrogens with zero attached hydrogens (tertiary/aromatic N) is 1. The zero-order valence-electron chi connectivity index (χ0n) is 9.38. The molecule has 1 saturated heterocycles. The van der Waals surface area contributed by atoms with Gasteiger partial charge in [0.1, 0.15) is 0 Å². The second-order valence-corrected chi connectivity index (χ2v) is 4.22. The predicted octanol–water partition coefficient (Wildman–Crippen LogP) is 1.52. The first kappa shape index (κ1) is 11.5. The lowest BCUT2D eigenvalue weighted by Crippen LogP contribution is -2.55. The molecule has 0 bridgehead atoms. The summed E-state index contributed by atoms with van der Waals surface area (Å²) in [5.74, 6) is 0.155. The van der Waals surface area contributed by atoms with E-state index in [0.717, 1.165) is 38.8 Å². The first-order chi connectivity index (χ1) is 6.64. The fourth-order valence-electron chi connectivity index (χ4n) is 1.96. The van der Waals surface area contributed by atoms with Crippen LogP contribution in [-0.4, -0.2) is 29.4 Å². The average molecular weight is 198 g/mol. The van der Waals surface area contributed by atoms with Crippen molar-refractivity contribution < 1.29 is 4.79 Å². The Morgan fingerprint density at radius 1 is 1.21 bits per heavy atom. The number of rotatable bonds is 3. The molecule has 0 aromatic rings. The molecule has 14 heavy (non-hydrogen) atoms. The van der Waals surface area contributed by atoms with E-state index < -0.39 is 5.54 Å². The first-order valence-corrected chi connectivity index (χ1v) is 5.72. The third-order valence-corrected chi connectivity index (χ3v) is 3.33. The van der Waals surface area contributed by atoms with Crippen LogP contribution >= 0.6 is 0 Å². The topological polar surface area (TPSA) is 46.3 Å². The first-order valence-electron chi connectivity index (χ1n) is 5.72. The maximum atomic E-state index is 12.1. The van der Waals surface area contributed by atoms with Crippen molar-refractivity contribution in [1.82, 2.24) is 4.90 Å². The third-order valence-electron chi connectivity index (χ3n) is 3.33. The number of nitrogens with two attached hydrogens (primary N) is 1. The Hall–Kier alpha value is -0.570. The minimum Gasteiger partial charge on any atom is -0.341 e. The Balaban J connectivity index is 2.61. The molecule has 1 fully saturated rings. The van der Waals surface area contributed by atoms with Crippen LogP contribution in [0.2, 0.25) is 0 Å². The SMILES string of the molecule is CCC(N)(CC)C(=O)N1CCCCC1. The Kier molecular flexibility index (Phi) is 3.93. The lowest BCUT2D eigenvalue weighted by atomic mass is 9.91. The molecule has 0 unspecified atom stereocenters. The van der Waals surface area contributed by atoms with Gasteiger partial charge in [0, 0.05) is 13.1 Å². The molecule has 0 spiro atoms. The van der Waals surface area contributed by atoms with Crippen molar-refractivity contribution >= 4 is 5.91 Å². The zero-order valence-corrected chi connectivity index (χ0v) is 9.38. The fourth-order valence-corrected chi connectivity index (χ4v) is 1.96. The van der Waals surface area contributed by atoms with Gasteiger partial charge in [-0.15, -0.1) is 0 Å². The molecule has 0 radical (unpaired) electrons. The highest BCUT2D eigenvalue weighted by Crippen LogP contribution is 2.18. The van der Waals surface area contributed by atoms with Gasteiger partial charge in [-0.25, -0.2) is 0 Å². The Morgan fingerprint density at radius 3 is 2.14 bits per heavy atom. The van der Waals surface area contributed by atoms with E-state index in [-0.39, 0.29) is 5.91 Å². The quantitative estimate of drug-likeness (QED) is 0.747. The van der Waals surface area contributed by atoms with Gasteiger partial charge in [-0.3, -0.25) is 4.79 Å². The van der Waals surface area contributed by atoms with Gasteiger partial charge in [0.15, 0.2) is 0 Å². The second-order valence-electron chi connectivity index (χ2n) is 4.22. The van der Waals surface area contributed by atoms with Crippen LogP contribution in [0.1, 0.15) is 46.0 Å². The molecule has 1 aliphatic heterocycles. The van der Waals surface area contributed by atoms with Crippen molar-refractivity contribution in [2.75, 3.05) is 13.1 Å². The van der Waals surface area contributed by atoms with Gasteiger partial charge in [0.25, 0.3) is 0 Å². The van der Waals surface area contributed by atoms with Crippen LogP contribution in [0.25, 0.3) is 0 Å². The minimum atomic E-state index is -0.614. The highest BCUT2D eigenvalue weighted by Gasteiger charge is 2.34. The number of piperidine rings is 1. The summed E-state index contributed by atoms with van der Waals surface area (Å²) in [6.45, 7) is 5.78. The molecule has 3 heteroatoms. The van der Waals surface area contributed by atoms with Gasteiger partial charge < -0.3 is 10.6 Å². The standard InChI is InChI=1S/C11H22N2O/c1-3-11(12,4-2)10(14)13-8-6-5-7-9-13/h3-9,12H2,1-2H3. The van der Waals surface area contributed by atoms with Gasteiger partial charge in [0.05, 0.1) is 5.54 Å². The normalized spacial score (nSPS) is 18.4. The van der Waals surface area contributed by atoms with Crippen molar-refractivity contribution in [3.05, 3.63) is 0 Å². The summed E-state index contributed by atoms with van der Waals surface area (Å²) in [6.07, 6.45) is 4.99. The van der Waals surface area contributed by atoms with Crippen LogP contribution in [0.15, 0.2) is 0 Å². The van der Waals surface area contributed by atoms with Crippen LogP contribution < -0.4 is 5.73 Å². The highest BCUT2D eigenvalue weighted by atomic mass is 16.2. The predicted molar refractivity (Wildman–Crippen MR) is 57.9 cm³/mol. The number of carbonyl (C=O) groups excluding carboxylic acids is 1. The van der Waals surface area contributed by atoms with Crippen LogP contribution in [0.3, 0.4) is 0 Å². The van der Waals surface area contributed by atoms with E-state index in [0.29, 0.717) is 0 Å². The van der Waals surface area contributed by atoms with Crippen molar-refractivity contribution in [2.45, 2.75) is 51.5 Å². The maximum Gasteiger partial charge on any atom is 0.242 e. The zero-order chi connectivity index (χ0) is 10.6. The van der Waals surface area contributed by atoms with Crippen molar-refractivity contribution in [2.24, 2.45) is 5.73 Å². The summed E-state index contributed by atoms with van der Waals surface area (Å²) < 4.78 is 0. The number of carbonyl (C=O) groups is 1. The molecule has 1 amide bonds. The molecule has 1 aliphatic rings. The molecule has 0 aromatic heterocycles. The summed E-state index contributed by atoms with van der Waals surface area (Å²) in [7, 11) is 0. The lowest BCUT2D eigenvalue weighted by Gasteiger charge is -2.35. The molecular weight excluding hydrogens is 176 g/mol. The lowest BCUT2D eigenvalue weighted by molar-refractivity contribution is -0.138. The molecule has 0 aromatic carbocycles. The van der Waals surface area contributed by atoms with E-state index in [1.54, 1.807) is 0 Å². The minimum absolute atomic E-state index is 0.155. The van der Waals surface area contributed by atoms with Gasteiger partial charge >= 0.3 is 0 Å². The van der Waals surface area contributed by atoms with Crippen LogP contribution in [0, 0.1) is 0 Å². The summed E-state index contributed by atoms with van der Waals surface area (Å²) >= 11 is 0. The molecule has 82 valence electrons. The molecule has 0 aliphatic carbocycles. The summed E-state index contributed by atoms with van der Waals surface area (Å²) in [4.78, 5) is 14.0. The van der Waals surface area contributed by atoms with Crippen molar-refractivity contribution in [1.29, 1.82) is 0 Å². The van der Waals surface area contributed by atoms with E-state index in [2.05, 4.69) is 0 Å². The van der Waals surface area contributed by atoms with E-state index in [1.165, 1.54) is 6.42 Å². The largest absolute Gasteiger partial charge is 0.341 e. The van der Waals surface area contributed by atoms with Gasteiger partial charge in [-0.05, 0) is 32.1 Å². The molecule has 1 rings (SSSR count). The molecule has 3 nitrogen and oxygen atoms in total. The van der Waals surface area contributed by atoms with E-state index >= 15 is 0 Å². The van der Waals surface area contributed by atoms with Gasteiger partial charge in [0.2, 0.25) is 5.91 Å². The summed E-state index contributed by atoms with van der Waals surface area (Å²) in [5.41, 5.74) is 5.47. The van der Waals surface area contributed by atoms with E-state index in [1.807, 2.05) is 18.7 Å². The van der Waals surface area contributed by atoms with Gasteiger partial charge in [-0.2, -0.15) is 0 Å². The number of likely N-dealkylation sites (tertiary alicyclic amines) is 1. The van der Waals surface area contributed by atoms with Crippen LogP contribution in [-0.2, 0) is 4.79 Å². The number of hydrogen-bond donors (Lipinski definition) is 1. The maximum absolute atomic E-state index is 12.1. The molecule has 0 saturated carbocycles. The Labute approximate surface area is 86.6 Å². The fraction of sp³-hybridized carbons (Fsp3) is 0.909. The average Bonchev–Trinajstić information content (AvgIpc) is 2.28. The number of amides is 1. The Bertz CT molecular complexity index is 193. The molecule has 0 atom stereocenters. The smallest absolute Gasteiger partial charge is 0.242 e. The summed E-state index contributed by atoms with van der Waals surface area (Å²) in [5, 5.41) is 0. The molecule has 1 heterocycles.